The molecular formula is C12H12ClF2N3O2S. The van der Waals surface area contributed by atoms with E-state index in [1.807, 2.05) is 0 Å². The fraction of sp³-hybridized carbons (Fsp3) is 0.250. The van der Waals surface area contributed by atoms with Crippen molar-refractivity contribution in [2.75, 3.05) is 0 Å². The molecule has 0 aliphatic rings. The first-order valence-electron chi connectivity index (χ1n) is 5.86. The lowest BCUT2D eigenvalue weighted by atomic mass is 10.1. The highest BCUT2D eigenvalue weighted by atomic mass is 35.5. The molecule has 5 nitrogen and oxygen atoms in total. The van der Waals surface area contributed by atoms with Gasteiger partial charge in [0.2, 0.25) is 5.03 Å². The van der Waals surface area contributed by atoms with Gasteiger partial charge in [-0.05, 0) is 24.6 Å². The summed E-state index contributed by atoms with van der Waals surface area (Å²) in [6.07, 6.45) is 1.26. The summed E-state index contributed by atoms with van der Waals surface area (Å²) in [5.41, 5.74) is 0.282. The fourth-order valence-corrected chi connectivity index (χ4v) is 3.37. The van der Waals surface area contributed by atoms with Crippen LogP contribution < -0.4 is 4.72 Å². The van der Waals surface area contributed by atoms with Gasteiger partial charge in [-0.25, -0.2) is 26.9 Å². The van der Waals surface area contributed by atoms with Crippen molar-refractivity contribution in [3.8, 4) is 0 Å². The average Bonchev–Trinajstić information content (AvgIpc) is 2.73. The van der Waals surface area contributed by atoms with Gasteiger partial charge in [-0.3, -0.25) is 0 Å². The molecule has 1 atom stereocenters. The van der Waals surface area contributed by atoms with Gasteiger partial charge in [0.25, 0.3) is 10.0 Å². The Labute approximate surface area is 125 Å². The molecule has 1 aromatic carbocycles. The Morgan fingerprint density at radius 1 is 1.33 bits per heavy atom. The van der Waals surface area contributed by atoms with Crippen molar-refractivity contribution in [1.82, 2.24) is 14.3 Å². The Morgan fingerprint density at radius 2 is 2.00 bits per heavy atom. The smallest absolute Gasteiger partial charge is 0.261 e. The second-order valence-electron chi connectivity index (χ2n) is 4.47. The summed E-state index contributed by atoms with van der Waals surface area (Å²) in [5, 5.41) is -0.360. The molecule has 0 radical (unpaired) electrons. The Bertz CT molecular complexity index is 777. The zero-order chi connectivity index (χ0) is 15.8. The second kappa shape index (κ2) is 5.70. The van der Waals surface area contributed by atoms with Gasteiger partial charge >= 0.3 is 0 Å². The van der Waals surface area contributed by atoms with Gasteiger partial charge in [0.1, 0.15) is 5.15 Å². The summed E-state index contributed by atoms with van der Waals surface area (Å²) in [6, 6.07) is 2.39. The molecule has 0 amide bonds. The molecule has 21 heavy (non-hydrogen) atoms. The highest BCUT2D eigenvalue weighted by molar-refractivity contribution is 7.89. The quantitative estimate of drug-likeness (QED) is 0.933. The van der Waals surface area contributed by atoms with E-state index in [2.05, 4.69) is 9.71 Å². The number of hydrogen-bond acceptors (Lipinski definition) is 3. The van der Waals surface area contributed by atoms with E-state index >= 15 is 0 Å². The third-order valence-electron chi connectivity index (χ3n) is 2.86. The van der Waals surface area contributed by atoms with Crippen LogP contribution in [0.5, 0.6) is 0 Å². The van der Waals surface area contributed by atoms with E-state index in [4.69, 9.17) is 11.6 Å². The number of nitrogens with one attached hydrogen (secondary N) is 1. The molecule has 2 aromatic rings. The van der Waals surface area contributed by atoms with Crippen molar-refractivity contribution in [1.29, 1.82) is 0 Å². The van der Waals surface area contributed by atoms with E-state index < -0.39 is 27.7 Å². The van der Waals surface area contributed by atoms with Gasteiger partial charge in [0, 0.05) is 13.1 Å². The maximum Gasteiger partial charge on any atom is 0.261 e. The minimum atomic E-state index is -3.97. The number of sulfonamides is 1. The summed E-state index contributed by atoms with van der Waals surface area (Å²) in [4.78, 5) is 3.71. The van der Waals surface area contributed by atoms with E-state index in [1.165, 1.54) is 23.9 Å². The fourth-order valence-electron chi connectivity index (χ4n) is 1.71. The summed E-state index contributed by atoms with van der Waals surface area (Å²) >= 11 is 5.84. The minimum Gasteiger partial charge on any atom is -0.324 e. The van der Waals surface area contributed by atoms with Crippen LogP contribution >= 0.6 is 11.6 Å². The van der Waals surface area contributed by atoms with E-state index in [-0.39, 0.29) is 15.7 Å². The van der Waals surface area contributed by atoms with Crippen molar-refractivity contribution < 1.29 is 17.2 Å². The number of halogens is 3. The first-order chi connectivity index (χ1) is 9.72. The van der Waals surface area contributed by atoms with Crippen LogP contribution in [0.15, 0.2) is 29.6 Å². The molecule has 114 valence electrons. The molecule has 0 aliphatic heterocycles. The monoisotopic (exact) mass is 335 g/mol. The van der Waals surface area contributed by atoms with Crippen LogP contribution in [-0.4, -0.2) is 18.0 Å². The Balaban J connectivity index is 2.27. The van der Waals surface area contributed by atoms with Gasteiger partial charge in [0.15, 0.2) is 11.6 Å². The van der Waals surface area contributed by atoms with Crippen molar-refractivity contribution >= 4 is 21.6 Å². The summed E-state index contributed by atoms with van der Waals surface area (Å²) in [7, 11) is -2.42. The third-order valence-corrected chi connectivity index (χ3v) is 4.89. The number of aryl methyl sites for hydroxylation is 1. The van der Waals surface area contributed by atoms with Crippen LogP contribution in [0.25, 0.3) is 0 Å². The maximum absolute atomic E-state index is 13.2. The summed E-state index contributed by atoms with van der Waals surface area (Å²) < 4.78 is 54.0. The number of rotatable bonds is 4. The van der Waals surface area contributed by atoms with Gasteiger partial charge in [-0.1, -0.05) is 17.7 Å². The lowest BCUT2D eigenvalue weighted by Gasteiger charge is -2.14. The Kier molecular flexibility index (Phi) is 4.31. The van der Waals surface area contributed by atoms with Crippen molar-refractivity contribution in [3.63, 3.8) is 0 Å². The molecule has 1 aromatic heterocycles. The molecule has 0 bridgehead atoms. The van der Waals surface area contributed by atoms with Gasteiger partial charge in [-0.15, -0.1) is 0 Å². The zero-order valence-corrected chi connectivity index (χ0v) is 12.7. The van der Waals surface area contributed by atoms with Crippen LogP contribution in [0.4, 0.5) is 8.78 Å². The molecule has 0 saturated heterocycles. The van der Waals surface area contributed by atoms with E-state index in [0.717, 1.165) is 12.1 Å². The van der Waals surface area contributed by atoms with Crippen LogP contribution in [0, 0.1) is 11.6 Å². The van der Waals surface area contributed by atoms with Gasteiger partial charge < -0.3 is 4.57 Å². The number of aromatic nitrogens is 2. The highest BCUT2D eigenvalue weighted by Gasteiger charge is 2.25. The predicted molar refractivity (Wildman–Crippen MR) is 73.3 cm³/mol. The first-order valence-corrected chi connectivity index (χ1v) is 7.72. The molecule has 2 rings (SSSR count). The molecule has 1 N–H and O–H groups in total. The van der Waals surface area contributed by atoms with Crippen LogP contribution in [0.3, 0.4) is 0 Å². The molecular weight excluding hydrogens is 324 g/mol. The standard InChI is InChI=1S/C12H12ClF2N3O2S/c1-7(8-3-4-9(14)10(15)5-8)17-21(19,20)12-11(13)18(2)6-16-12/h3-7,17H,1-2H3. The molecule has 0 fully saturated rings. The Hall–Kier alpha value is -1.51. The SMILES string of the molecule is CC(NS(=O)(=O)c1ncn(C)c1Cl)c1ccc(F)c(F)c1. The molecule has 9 heteroatoms. The van der Waals surface area contributed by atoms with Crippen LogP contribution in [-0.2, 0) is 17.1 Å². The molecule has 1 unspecified atom stereocenters. The van der Waals surface area contributed by atoms with Crippen LogP contribution in [0.1, 0.15) is 18.5 Å². The lowest BCUT2D eigenvalue weighted by molar-refractivity contribution is 0.504. The number of nitrogens with zero attached hydrogens (tertiary/aromatic N) is 2. The van der Waals surface area contributed by atoms with Gasteiger partial charge in [-0.2, -0.15) is 0 Å². The van der Waals surface area contributed by atoms with Crippen molar-refractivity contribution in [2.24, 2.45) is 7.05 Å². The molecule has 1 heterocycles. The average molecular weight is 336 g/mol. The highest BCUT2D eigenvalue weighted by Crippen LogP contribution is 2.22. The maximum atomic E-state index is 13.2. The summed E-state index contributed by atoms with van der Waals surface area (Å²) in [5.74, 6) is -2.05. The molecule has 0 aliphatic carbocycles. The Morgan fingerprint density at radius 3 is 2.52 bits per heavy atom. The topological polar surface area (TPSA) is 64.0 Å². The van der Waals surface area contributed by atoms with Crippen LogP contribution in [0.2, 0.25) is 5.15 Å². The predicted octanol–water partition coefficient (Wildman–Crippen LogP) is 2.39. The minimum absolute atomic E-state index is 0.0417. The van der Waals surface area contributed by atoms with Crippen molar-refractivity contribution in [3.05, 3.63) is 46.9 Å². The van der Waals surface area contributed by atoms with E-state index in [0.29, 0.717) is 0 Å². The van der Waals surface area contributed by atoms with E-state index in [9.17, 15) is 17.2 Å². The van der Waals surface area contributed by atoms with Crippen molar-refractivity contribution in [2.45, 2.75) is 18.0 Å². The number of hydrogen-bond donors (Lipinski definition) is 1. The third kappa shape index (κ3) is 3.22. The zero-order valence-electron chi connectivity index (χ0n) is 11.1. The second-order valence-corrected chi connectivity index (χ2v) is 6.46. The summed E-state index contributed by atoms with van der Waals surface area (Å²) in [6.45, 7) is 1.50. The number of imidazole rings is 1. The largest absolute Gasteiger partial charge is 0.324 e. The number of benzene rings is 1. The van der Waals surface area contributed by atoms with Gasteiger partial charge in [0.05, 0.1) is 6.33 Å². The first kappa shape index (κ1) is 15.9. The lowest BCUT2D eigenvalue weighted by Crippen LogP contribution is -2.27. The normalized spacial score (nSPS) is 13.4. The van der Waals surface area contributed by atoms with E-state index in [1.54, 1.807) is 7.05 Å². The molecule has 0 spiro atoms. The molecule has 0 saturated carbocycles.